The Morgan fingerprint density at radius 1 is 1.30 bits per heavy atom. The van der Waals surface area contributed by atoms with E-state index in [1.54, 1.807) is 20.8 Å². The first-order chi connectivity index (χ1) is 10.7. The van der Waals surface area contributed by atoms with Crippen LogP contribution in [0, 0.1) is 0 Å². The van der Waals surface area contributed by atoms with E-state index < -0.39 is 17.3 Å². The average molecular weight is 330 g/mol. The van der Waals surface area contributed by atoms with Gasteiger partial charge >= 0.3 is 6.09 Å². The monoisotopic (exact) mass is 330 g/mol. The van der Waals surface area contributed by atoms with Gasteiger partial charge in [-0.1, -0.05) is 0 Å². The number of piperidine rings is 1. The van der Waals surface area contributed by atoms with Crippen LogP contribution in [0.15, 0.2) is 0 Å². The zero-order valence-electron chi connectivity index (χ0n) is 14.4. The number of hydrogen-bond acceptors (Lipinski definition) is 5. The van der Waals surface area contributed by atoms with Crippen molar-refractivity contribution in [2.24, 2.45) is 0 Å². The zero-order valence-corrected chi connectivity index (χ0v) is 14.4. The van der Waals surface area contributed by atoms with Crippen LogP contribution in [0.4, 0.5) is 4.79 Å². The number of aliphatic hydroxyl groups excluding tert-OH is 1. The second kappa shape index (κ2) is 8.49. The molecule has 3 N–H and O–H groups in total. The lowest BCUT2D eigenvalue weighted by molar-refractivity contribution is -0.128. The molecule has 1 rings (SSSR count). The van der Waals surface area contributed by atoms with Gasteiger partial charge in [-0.25, -0.2) is 4.79 Å². The maximum atomic E-state index is 12.1. The normalized spacial score (nSPS) is 21.9. The molecule has 1 heterocycles. The number of aliphatic hydroxyl groups is 2. The van der Waals surface area contributed by atoms with Crippen LogP contribution in [0.25, 0.3) is 0 Å². The van der Waals surface area contributed by atoms with Crippen molar-refractivity contribution >= 4 is 12.0 Å². The highest BCUT2D eigenvalue weighted by Crippen LogP contribution is 2.25. The summed E-state index contributed by atoms with van der Waals surface area (Å²) in [6, 6.07) is 0. The third kappa shape index (κ3) is 7.65. The van der Waals surface area contributed by atoms with Crippen LogP contribution in [-0.2, 0) is 9.53 Å². The zero-order chi connectivity index (χ0) is 17.5. The molecule has 0 aromatic heterocycles. The third-order valence-corrected chi connectivity index (χ3v) is 3.60. The van der Waals surface area contributed by atoms with Crippen LogP contribution >= 0.6 is 0 Å². The number of hydrogen-bond donors (Lipinski definition) is 3. The van der Waals surface area contributed by atoms with E-state index in [1.165, 1.54) is 4.90 Å². The van der Waals surface area contributed by atoms with Gasteiger partial charge in [0.05, 0.1) is 18.6 Å². The summed E-state index contributed by atoms with van der Waals surface area (Å²) in [6.07, 6.45) is 1.95. The highest BCUT2D eigenvalue weighted by atomic mass is 16.6. The molecule has 23 heavy (non-hydrogen) atoms. The van der Waals surface area contributed by atoms with E-state index in [4.69, 9.17) is 9.84 Å². The van der Waals surface area contributed by atoms with Gasteiger partial charge in [-0.2, -0.15) is 0 Å². The number of rotatable bonds is 6. The van der Waals surface area contributed by atoms with E-state index in [-0.39, 0.29) is 25.5 Å². The van der Waals surface area contributed by atoms with Crippen LogP contribution in [0.3, 0.4) is 0 Å². The van der Waals surface area contributed by atoms with Crippen molar-refractivity contribution in [3.63, 3.8) is 0 Å². The first-order valence-corrected chi connectivity index (χ1v) is 8.23. The second-order valence-corrected chi connectivity index (χ2v) is 7.19. The summed E-state index contributed by atoms with van der Waals surface area (Å²) in [4.78, 5) is 25.5. The van der Waals surface area contributed by atoms with E-state index in [0.717, 1.165) is 0 Å². The molecule has 1 atom stereocenters. The molecule has 7 heteroatoms. The van der Waals surface area contributed by atoms with Crippen LogP contribution in [0.2, 0.25) is 0 Å². The quantitative estimate of drug-likeness (QED) is 0.632. The van der Waals surface area contributed by atoms with E-state index in [1.807, 2.05) is 0 Å². The van der Waals surface area contributed by atoms with Crippen molar-refractivity contribution in [2.45, 2.75) is 64.1 Å². The maximum Gasteiger partial charge on any atom is 0.410 e. The van der Waals surface area contributed by atoms with Gasteiger partial charge in [-0.05, 0) is 46.5 Å². The van der Waals surface area contributed by atoms with Gasteiger partial charge in [0.15, 0.2) is 0 Å². The van der Waals surface area contributed by atoms with Gasteiger partial charge in [-0.15, -0.1) is 0 Å². The molecule has 0 unspecified atom stereocenters. The fourth-order valence-corrected chi connectivity index (χ4v) is 2.56. The molecule has 7 nitrogen and oxygen atoms in total. The van der Waals surface area contributed by atoms with Gasteiger partial charge in [0, 0.05) is 19.7 Å². The Morgan fingerprint density at radius 3 is 2.61 bits per heavy atom. The lowest BCUT2D eigenvalue weighted by atomic mass is 9.89. The fourth-order valence-electron chi connectivity index (χ4n) is 2.56. The Bertz CT molecular complexity index is 408. The van der Waals surface area contributed by atoms with E-state index in [2.05, 4.69) is 5.32 Å². The summed E-state index contributed by atoms with van der Waals surface area (Å²) < 4.78 is 5.32. The molecule has 0 spiro atoms. The average Bonchev–Trinajstić information content (AvgIpc) is 2.41. The summed E-state index contributed by atoms with van der Waals surface area (Å²) in [5.74, 6) is -0.239. The molecule has 1 fully saturated rings. The number of β-amino-alcohol motifs (C(OH)–C–C–N with tert-alkyl or cyclic N) is 1. The summed E-state index contributed by atoms with van der Waals surface area (Å²) >= 11 is 0. The van der Waals surface area contributed by atoms with Crippen LogP contribution in [-0.4, -0.2) is 64.6 Å². The summed E-state index contributed by atoms with van der Waals surface area (Å²) in [5, 5.41) is 22.0. The maximum absolute atomic E-state index is 12.1. The van der Waals surface area contributed by atoms with Crippen molar-refractivity contribution < 1.29 is 24.5 Å². The lowest BCUT2D eigenvalue weighted by Crippen LogP contribution is -2.53. The van der Waals surface area contributed by atoms with Crippen molar-refractivity contribution in [2.75, 3.05) is 26.2 Å². The number of nitrogens with zero attached hydrogens (tertiary/aromatic N) is 1. The summed E-state index contributed by atoms with van der Waals surface area (Å²) in [5.41, 5.74) is -1.80. The van der Waals surface area contributed by atoms with Crippen molar-refractivity contribution in [1.29, 1.82) is 0 Å². The molecular weight excluding hydrogens is 300 g/mol. The third-order valence-electron chi connectivity index (χ3n) is 3.60. The molecule has 0 radical (unpaired) electrons. The molecule has 1 aliphatic heterocycles. The first-order valence-electron chi connectivity index (χ1n) is 8.23. The number of ether oxygens (including phenoxy) is 1. The van der Waals surface area contributed by atoms with Crippen LogP contribution < -0.4 is 5.32 Å². The lowest BCUT2D eigenvalue weighted by Gasteiger charge is -2.39. The van der Waals surface area contributed by atoms with Gasteiger partial charge in [0.2, 0.25) is 5.91 Å². The molecule has 134 valence electrons. The van der Waals surface area contributed by atoms with Crippen molar-refractivity contribution in [3.8, 4) is 0 Å². The van der Waals surface area contributed by atoms with Gasteiger partial charge in [0.1, 0.15) is 5.60 Å². The van der Waals surface area contributed by atoms with Crippen LogP contribution in [0.1, 0.15) is 52.9 Å². The standard InChI is InChI=1S/C16H30N2O5/c1-15(2,3)23-14(21)18-9-6-7-16(22,12-18)11-13(20)17-8-4-5-10-19/h19,22H,4-12H2,1-3H3,(H,17,20)/t16-/m1/s1. The fraction of sp³-hybridized carbons (Fsp3) is 0.875. The highest BCUT2D eigenvalue weighted by molar-refractivity contribution is 5.77. The molecule has 2 amide bonds. The molecule has 0 aromatic carbocycles. The number of carbonyl (C=O) groups is 2. The van der Waals surface area contributed by atoms with Gasteiger partial charge < -0.3 is 25.2 Å². The van der Waals surface area contributed by atoms with Crippen molar-refractivity contribution in [1.82, 2.24) is 10.2 Å². The number of nitrogens with one attached hydrogen (secondary N) is 1. The minimum atomic E-state index is -1.21. The van der Waals surface area contributed by atoms with Gasteiger partial charge in [0.25, 0.3) is 0 Å². The SMILES string of the molecule is CC(C)(C)OC(=O)N1CCC[C@@](O)(CC(=O)NCCCCO)C1. The molecule has 0 aromatic rings. The largest absolute Gasteiger partial charge is 0.444 e. The molecule has 0 bridgehead atoms. The predicted octanol–water partition coefficient (Wildman–Crippen LogP) is 1.03. The highest BCUT2D eigenvalue weighted by Gasteiger charge is 2.38. The first kappa shape index (κ1) is 19.7. The Balaban J connectivity index is 2.48. The minimum Gasteiger partial charge on any atom is -0.444 e. The molecule has 1 aliphatic rings. The number of carbonyl (C=O) groups excluding carboxylic acids is 2. The Morgan fingerprint density at radius 2 is 2.00 bits per heavy atom. The van der Waals surface area contributed by atoms with E-state index >= 15 is 0 Å². The van der Waals surface area contributed by atoms with E-state index in [0.29, 0.717) is 38.8 Å². The Hall–Kier alpha value is -1.34. The summed E-state index contributed by atoms with van der Waals surface area (Å²) in [7, 11) is 0. The Labute approximate surface area is 138 Å². The minimum absolute atomic E-state index is 0.0363. The number of likely N-dealkylation sites (tertiary alicyclic amines) is 1. The van der Waals surface area contributed by atoms with Crippen LogP contribution in [0.5, 0.6) is 0 Å². The molecule has 0 aliphatic carbocycles. The Kier molecular flexibility index (Phi) is 7.28. The smallest absolute Gasteiger partial charge is 0.410 e. The number of amides is 2. The molecule has 1 saturated heterocycles. The molecule has 0 saturated carbocycles. The predicted molar refractivity (Wildman–Crippen MR) is 85.9 cm³/mol. The summed E-state index contributed by atoms with van der Waals surface area (Å²) in [6.45, 7) is 6.58. The topological polar surface area (TPSA) is 99.1 Å². The van der Waals surface area contributed by atoms with Gasteiger partial charge in [-0.3, -0.25) is 4.79 Å². The second-order valence-electron chi connectivity index (χ2n) is 7.19. The van der Waals surface area contributed by atoms with E-state index in [9.17, 15) is 14.7 Å². The van der Waals surface area contributed by atoms with Crippen molar-refractivity contribution in [3.05, 3.63) is 0 Å². The molecular formula is C16H30N2O5. The number of unbranched alkanes of at least 4 members (excludes halogenated alkanes) is 1.